The minimum absolute atomic E-state index is 0.335. The van der Waals surface area contributed by atoms with E-state index in [1.54, 1.807) is 0 Å². The Kier molecular flexibility index (Phi) is 6.87. The van der Waals surface area contributed by atoms with E-state index in [4.69, 9.17) is 0 Å². The monoisotopic (exact) mass is 256 g/mol. The van der Waals surface area contributed by atoms with Gasteiger partial charge in [-0.3, -0.25) is 0 Å². The number of rotatable bonds is 6. The smallest absolute Gasteiger partial charge is 0.0128 e. The third-order valence-corrected chi connectivity index (χ3v) is 4.18. The Morgan fingerprint density at radius 2 is 1.50 bits per heavy atom. The highest BCUT2D eigenvalue weighted by Crippen LogP contribution is 2.25. The molecule has 0 rings (SSSR count). The Hall–Kier alpha value is -0.0800. The van der Waals surface area contributed by atoms with Gasteiger partial charge in [-0.2, -0.15) is 0 Å². The van der Waals surface area contributed by atoms with Crippen molar-refractivity contribution in [3.05, 3.63) is 0 Å². The molecule has 0 saturated heterocycles. The summed E-state index contributed by atoms with van der Waals surface area (Å²) in [5.74, 6) is 0. The largest absolute Gasteiger partial charge is 0.314 e. The molecule has 110 valence electrons. The van der Waals surface area contributed by atoms with Crippen LogP contribution in [0.1, 0.15) is 61.8 Å². The van der Waals surface area contributed by atoms with Crippen LogP contribution < -0.4 is 5.32 Å². The summed E-state index contributed by atoms with van der Waals surface area (Å²) in [4.78, 5) is 2.50. The zero-order valence-corrected chi connectivity index (χ0v) is 14.2. The van der Waals surface area contributed by atoms with Crippen LogP contribution in [0.3, 0.4) is 0 Å². The van der Waals surface area contributed by atoms with E-state index >= 15 is 0 Å². The van der Waals surface area contributed by atoms with Crippen molar-refractivity contribution < 1.29 is 0 Å². The number of nitrogens with zero attached hydrogens (tertiary/aromatic N) is 1. The molecule has 0 aliphatic carbocycles. The molecule has 0 saturated carbocycles. The first kappa shape index (κ1) is 17.9. The molecule has 0 aliphatic rings. The van der Waals surface area contributed by atoms with E-state index in [0.29, 0.717) is 22.9 Å². The maximum atomic E-state index is 3.63. The summed E-state index contributed by atoms with van der Waals surface area (Å²) < 4.78 is 0. The summed E-state index contributed by atoms with van der Waals surface area (Å²) in [5.41, 5.74) is 0.686. The van der Waals surface area contributed by atoms with E-state index in [9.17, 15) is 0 Å². The average molecular weight is 256 g/mol. The molecule has 0 aromatic carbocycles. The lowest BCUT2D eigenvalue weighted by Gasteiger charge is -2.38. The molecule has 0 aromatic rings. The van der Waals surface area contributed by atoms with E-state index in [2.05, 4.69) is 72.7 Å². The molecule has 2 unspecified atom stereocenters. The molecule has 0 amide bonds. The Bertz CT molecular complexity index is 222. The van der Waals surface area contributed by atoms with Crippen LogP contribution in [0.4, 0.5) is 0 Å². The highest BCUT2D eigenvalue weighted by atomic mass is 15.1. The van der Waals surface area contributed by atoms with Gasteiger partial charge in [0.2, 0.25) is 0 Å². The Morgan fingerprint density at radius 3 is 1.83 bits per heavy atom. The summed E-state index contributed by atoms with van der Waals surface area (Å²) in [6.45, 7) is 20.7. The van der Waals surface area contributed by atoms with Crippen LogP contribution >= 0.6 is 0 Å². The SMILES string of the molecule is CCNC(CCN(C)C(C)C(C)(C)C)C(C)(C)C. The second kappa shape index (κ2) is 6.91. The summed E-state index contributed by atoms with van der Waals surface area (Å²) in [7, 11) is 2.25. The van der Waals surface area contributed by atoms with Gasteiger partial charge in [0, 0.05) is 12.1 Å². The van der Waals surface area contributed by atoms with Crippen molar-refractivity contribution in [3.63, 3.8) is 0 Å². The van der Waals surface area contributed by atoms with Crippen LogP contribution in [0, 0.1) is 10.8 Å². The molecule has 1 N–H and O–H groups in total. The normalized spacial score (nSPS) is 17.0. The topological polar surface area (TPSA) is 15.3 Å². The van der Waals surface area contributed by atoms with E-state index in [-0.39, 0.29) is 0 Å². The molecule has 18 heavy (non-hydrogen) atoms. The summed E-state index contributed by atoms with van der Waals surface area (Å²) in [6.07, 6.45) is 1.22. The average Bonchev–Trinajstić information content (AvgIpc) is 2.19. The van der Waals surface area contributed by atoms with Crippen molar-refractivity contribution in [1.82, 2.24) is 10.2 Å². The standard InChI is InChI=1S/C16H36N2/c1-10-17-14(16(6,7)8)11-12-18(9)13(2)15(3,4)5/h13-14,17H,10-12H2,1-9H3. The van der Waals surface area contributed by atoms with Crippen LogP contribution in [0.2, 0.25) is 0 Å². The molecule has 0 radical (unpaired) electrons. The van der Waals surface area contributed by atoms with Gasteiger partial charge in [-0.1, -0.05) is 48.5 Å². The Balaban J connectivity index is 4.36. The van der Waals surface area contributed by atoms with Crippen LogP contribution in [0.5, 0.6) is 0 Å². The van der Waals surface area contributed by atoms with Gasteiger partial charge >= 0.3 is 0 Å². The second-order valence-corrected chi connectivity index (χ2v) is 7.79. The number of hydrogen-bond donors (Lipinski definition) is 1. The Morgan fingerprint density at radius 1 is 1.00 bits per heavy atom. The summed E-state index contributed by atoms with van der Waals surface area (Å²) in [6, 6.07) is 1.21. The minimum atomic E-state index is 0.335. The van der Waals surface area contributed by atoms with Crippen molar-refractivity contribution in [2.24, 2.45) is 10.8 Å². The van der Waals surface area contributed by atoms with Crippen molar-refractivity contribution in [2.75, 3.05) is 20.1 Å². The van der Waals surface area contributed by atoms with Crippen LogP contribution in [-0.2, 0) is 0 Å². The van der Waals surface area contributed by atoms with Gasteiger partial charge < -0.3 is 10.2 Å². The molecular formula is C16H36N2. The first-order valence-corrected chi connectivity index (χ1v) is 7.43. The molecular weight excluding hydrogens is 220 g/mol. The maximum absolute atomic E-state index is 3.63. The molecule has 0 aliphatic heterocycles. The molecule has 2 atom stereocenters. The lowest BCUT2D eigenvalue weighted by molar-refractivity contribution is 0.126. The molecule has 0 heterocycles. The molecule has 0 fully saturated rings. The fraction of sp³-hybridized carbons (Fsp3) is 1.00. The van der Waals surface area contributed by atoms with Crippen LogP contribution in [-0.4, -0.2) is 37.1 Å². The quantitative estimate of drug-likeness (QED) is 0.778. The minimum Gasteiger partial charge on any atom is -0.314 e. The molecule has 2 nitrogen and oxygen atoms in total. The lowest BCUT2D eigenvalue weighted by atomic mass is 9.83. The van der Waals surface area contributed by atoms with Gasteiger partial charge in [-0.05, 0) is 44.3 Å². The van der Waals surface area contributed by atoms with Crippen molar-refractivity contribution in [3.8, 4) is 0 Å². The fourth-order valence-electron chi connectivity index (χ4n) is 2.28. The maximum Gasteiger partial charge on any atom is 0.0128 e. The van der Waals surface area contributed by atoms with E-state index in [1.165, 1.54) is 6.42 Å². The molecule has 0 aromatic heterocycles. The molecule has 0 bridgehead atoms. The molecule has 0 spiro atoms. The lowest BCUT2D eigenvalue weighted by Crippen LogP contribution is -2.45. The van der Waals surface area contributed by atoms with Crippen molar-refractivity contribution in [1.29, 1.82) is 0 Å². The zero-order valence-electron chi connectivity index (χ0n) is 14.2. The molecule has 2 heteroatoms. The fourth-order valence-corrected chi connectivity index (χ4v) is 2.28. The summed E-state index contributed by atoms with van der Waals surface area (Å²) in [5, 5.41) is 3.63. The van der Waals surface area contributed by atoms with Gasteiger partial charge in [0.1, 0.15) is 0 Å². The highest BCUT2D eigenvalue weighted by Gasteiger charge is 2.27. The number of hydrogen-bond acceptors (Lipinski definition) is 2. The van der Waals surface area contributed by atoms with Crippen molar-refractivity contribution in [2.45, 2.75) is 73.9 Å². The van der Waals surface area contributed by atoms with Gasteiger partial charge in [0.25, 0.3) is 0 Å². The van der Waals surface area contributed by atoms with E-state index in [0.717, 1.165) is 13.1 Å². The van der Waals surface area contributed by atoms with Gasteiger partial charge in [-0.25, -0.2) is 0 Å². The van der Waals surface area contributed by atoms with Crippen LogP contribution in [0.15, 0.2) is 0 Å². The predicted octanol–water partition coefficient (Wildman–Crippen LogP) is 3.77. The predicted molar refractivity (Wildman–Crippen MR) is 83.1 cm³/mol. The third kappa shape index (κ3) is 6.19. The first-order valence-electron chi connectivity index (χ1n) is 7.43. The first-order chi connectivity index (χ1) is 8.00. The Labute approximate surface area is 116 Å². The highest BCUT2D eigenvalue weighted by molar-refractivity contribution is 4.83. The second-order valence-electron chi connectivity index (χ2n) is 7.79. The van der Waals surface area contributed by atoms with Crippen molar-refractivity contribution >= 4 is 0 Å². The van der Waals surface area contributed by atoms with Gasteiger partial charge in [0.05, 0.1) is 0 Å². The van der Waals surface area contributed by atoms with Gasteiger partial charge in [-0.15, -0.1) is 0 Å². The summed E-state index contributed by atoms with van der Waals surface area (Å²) >= 11 is 0. The van der Waals surface area contributed by atoms with E-state index in [1.807, 2.05) is 0 Å². The number of nitrogens with one attached hydrogen (secondary N) is 1. The third-order valence-electron chi connectivity index (χ3n) is 4.18. The van der Waals surface area contributed by atoms with Crippen LogP contribution in [0.25, 0.3) is 0 Å². The van der Waals surface area contributed by atoms with E-state index < -0.39 is 0 Å². The van der Waals surface area contributed by atoms with Gasteiger partial charge in [0.15, 0.2) is 0 Å². The zero-order chi connectivity index (χ0) is 14.6.